The Morgan fingerprint density at radius 1 is 1.16 bits per heavy atom. The fourth-order valence-electron chi connectivity index (χ4n) is 1.92. The molecule has 2 atom stereocenters. The van der Waals surface area contributed by atoms with Crippen LogP contribution in [0.25, 0.3) is 0 Å². The highest BCUT2D eigenvalue weighted by Gasteiger charge is 2.18. The van der Waals surface area contributed by atoms with Crippen molar-refractivity contribution < 1.29 is 24.6 Å². The van der Waals surface area contributed by atoms with E-state index in [4.69, 9.17) is 21.7 Å². The van der Waals surface area contributed by atoms with Crippen LogP contribution in [0.5, 0.6) is 5.75 Å². The van der Waals surface area contributed by atoms with Crippen molar-refractivity contribution in [3.8, 4) is 5.75 Å². The first-order chi connectivity index (χ1) is 11.5. The van der Waals surface area contributed by atoms with Gasteiger partial charge in [0.2, 0.25) is 11.8 Å². The standard InChI is InChI=1S/C9H12N2O2.C8H15NO3/c10-8(9(11)13)5-6-1-3-7(12)4-2-6;1-5(2)4-7(8(11)12)9-6(3)10/h1-4,8,12H,5,10H2,(H2,11,13);5,7H,4H2,1-3H3,(H,9,10)(H,11,12)/t8-;7-/m00/s1. The van der Waals surface area contributed by atoms with E-state index in [0.717, 1.165) is 5.56 Å². The second-order valence-corrected chi connectivity index (χ2v) is 6.10. The topological polar surface area (TPSA) is 156 Å². The molecular formula is C17H27N3O5. The lowest BCUT2D eigenvalue weighted by atomic mass is 10.0. The van der Waals surface area contributed by atoms with Crippen molar-refractivity contribution in [2.75, 3.05) is 0 Å². The number of aliphatic carboxylic acids is 1. The Kier molecular flexibility index (Phi) is 9.88. The number of phenols is 1. The van der Waals surface area contributed by atoms with Gasteiger partial charge >= 0.3 is 5.97 Å². The molecule has 0 bridgehead atoms. The van der Waals surface area contributed by atoms with E-state index in [2.05, 4.69) is 5.32 Å². The van der Waals surface area contributed by atoms with E-state index in [9.17, 15) is 14.4 Å². The van der Waals surface area contributed by atoms with E-state index in [0.29, 0.717) is 12.8 Å². The van der Waals surface area contributed by atoms with Crippen LogP contribution >= 0.6 is 0 Å². The largest absolute Gasteiger partial charge is 0.508 e. The highest BCUT2D eigenvalue weighted by molar-refractivity contribution is 5.82. The number of aromatic hydroxyl groups is 1. The predicted molar refractivity (Wildman–Crippen MR) is 93.7 cm³/mol. The SMILES string of the molecule is CC(=O)N[C@@H](CC(C)C)C(=O)O.NC(=O)[C@@H](N)Cc1ccc(O)cc1. The lowest BCUT2D eigenvalue weighted by Crippen LogP contribution is -2.40. The first-order valence-corrected chi connectivity index (χ1v) is 7.85. The second-order valence-electron chi connectivity index (χ2n) is 6.10. The summed E-state index contributed by atoms with van der Waals surface area (Å²) in [5, 5.41) is 20.0. The molecule has 1 aromatic carbocycles. The van der Waals surface area contributed by atoms with Crippen molar-refractivity contribution in [1.82, 2.24) is 5.32 Å². The fraction of sp³-hybridized carbons (Fsp3) is 0.471. The molecule has 0 unspecified atom stereocenters. The van der Waals surface area contributed by atoms with Gasteiger partial charge in [-0.2, -0.15) is 0 Å². The monoisotopic (exact) mass is 353 g/mol. The molecule has 0 saturated heterocycles. The number of primary amides is 1. The molecule has 8 nitrogen and oxygen atoms in total. The highest BCUT2D eigenvalue weighted by atomic mass is 16.4. The summed E-state index contributed by atoms with van der Waals surface area (Å²) in [5.41, 5.74) is 11.3. The first kappa shape index (κ1) is 22.4. The molecule has 0 aliphatic heterocycles. The summed E-state index contributed by atoms with van der Waals surface area (Å²) in [6, 6.07) is 5.09. The average molecular weight is 353 g/mol. The predicted octanol–water partition coefficient (Wildman–Crippen LogP) is 0.369. The molecule has 0 saturated carbocycles. The summed E-state index contributed by atoms with van der Waals surface area (Å²) < 4.78 is 0. The number of nitrogens with two attached hydrogens (primary N) is 2. The molecule has 0 heterocycles. The molecule has 8 heteroatoms. The van der Waals surface area contributed by atoms with Crippen molar-refractivity contribution in [2.24, 2.45) is 17.4 Å². The number of carboxylic acid groups (broad SMARTS) is 1. The first-order valence-electron chi connectivity index (χ1n) is 7.85. The third-order valence-electron chi connectivity index (χ3n) is 3.14. The van der Waals surface area contributed by atoms with Gasteiger partial charge in [0.1, 0.15) is 11.8 Å². The minimum Gasteiger partial charge on any atom is -0.508 e. The van der Waals surface area contributed by atoms with Crippen LogP contribution < -0.4 is 16.8 Å². The molecule has 0 aliphatic carbocycles. The van der Waals surface area contributed by atoms with E-state index < -0.39 is 24.0 Å². The normalized spacial score (nSPS) is 12.5. The van der Waals surface area contributed by atoms with Gasteiger partial charge in [0, 0.05) is 6.92 Å². The van der Waals surface area contributed by atoms with Gasteiger partial charge in [-0.25, -0.2) is 4.79 Å². The van der Waals surface area contributed by atoms with Crippen LogP contribution in [0.2, 0.25) is 0 Å². The third-order valence-corrected chi connectivity index (χ3v) is 3.14. The lowest BCUT2D eigenvalue weighted by molar-refractivity contribution is -0.142. The van der Waals surface area contributed by atoms with E-state index >= 15 is 0 Å². The molecule has 25 heavy (non-hydrogen) atoms. The Labute approximate surface area is 147 Å². The number of phenolic OH excluding ortho intramolecular Hbond substituents is 1. The van der Waals surface area contributed by atoms with Crippen molar-refractivity contribution >= 4 is 17.8 Å². The Morgan fingerprint density at radius 3 is 2.04 bits per heavy atom. The van der Waals surface area contributed by atoms with E-state index in [-0.39, 0.29) is 17.6 Å². The van der Waals surface area contributed by atoms with E-state index in [1.807, 2.05) is 13.8 Å². The second kappa shape index (κ2) is 11.0. The van der Waals surface area contributed by atoms with Crippen LogP contribution in [0.4, 0.5) is 0 Å². The average Bonchev–Trinajstić information content (AvgIpc) is 2.48. The summed E-state index contributed by atoms with van der Waals surface area (Å²) in [7, 11) is 0. The minimum absolute atomic E-state index is 0.191. The summed E-state index contributed by atoms with van der Waals surface area (Å²) >= 11 is 0. The number of carbonyl (C=O) groups is 3. The Morgan fingerprint density at radius 2 is 1.68 bits per heavy atom. The summed E-state index contributed by atoms with van der Waals surface area (Å²) in [6.45, 7) is 5.14. The fourth-order valence-corrected chi connectivity index (χ4v) is 1.92. The molecule has 1 rings (SSSR count). The molecule has 0 aromatic heterocycles. The smallest absolute Gasteiger partial charge is 0.326 e. The maximum Gasteiger partial charge on any atom is 0.326 e. The van der Waals surface area contributed by atoms with Gasteiger partial charge in [0.15, 0.2) is 0 Å². The van der Waals surface area contributed by atoms with Crippen LogP contribution in [0.3, 0.4) is 0 Å². The lowest BCUT2D eigenvalue weighted by Gasteiger charge is -2.14. The number of carboxylic acids is 1. The number of nitrogens with one attached hydrogen (secondary N) is 1. The molecule has 1 aromatic rings. The van der Waals surface area contributed by atoms with Crippen LogP contribution in [0.1, 0.15) is 32.8 Å². The van der Waals surface area contributed by atoms with Crippen LogP contribution in [0.15, 0.2) is 24.3 Å². The van der Waals surface area contributed by atoms with Gasteiger partial charge in [0.25, 0.3) is 0 Å². The maximum absolute atomic E-state index is 10.6. The number of amides is 2. The van der Waals surface area contributed by atoms with Crippen molar-refractivity contribution in [2.45, 2.75) is 45.7 Å². The van der Waals surface area contributed by atoms with Crippen LogP contribution in [0, 0.1) is 5.92 Å². The number of carbonyl (C=O) groups excluding carboxylic acids is 2. The summed E-state index contributed by atoms with van der Waals surface area (Å²) in [6.07, 6.45) is 0.866. The molecule has 0 radical (unpaired) electrons. The Bertz CT molecular complexity index is 572. The quantitative estimate of drug-likeness (QED) is 0.477. The van der Waals surface area contributed by atoms with Crippen LogP contribution in [-0.4, -0.2) is 40.1 Å². The molecule has 0 aliphatic rings. The van der Waals surface area contributed by atoms with Crippen LogP contribution in [-0.2, 0) is 20.8 Å². The summed E-state index contributed by atoms with van der Waals surface area (Å²) in [5.74, 6) is -1.34. The van der Waals surface area contributed by atoms with E-state index in [1.165, 1.54) is 6.92 Å². The minimum atomic E-state index is -0.973. The summed E-state index contributed by atoms with van der Waals surface area (Å²) in [4.78, 5) is 31.7. The van der Waals surface area contributed by atoms with Crippen molar-refractivity contribution in [3.05, 3.63) is 29.8 Å². The van der Waals surface area contributed by atoms with Gasteiger partial charge in [0.05, 0.1) is 6.04 Å². The van der Waals surface area contributed by atoms with Crippen molar-refractivity contribution in [3.63, 3.8) is 0 Å². The van der Waals surface area contributed by atoms with Gasteiger partial charge in [-0.15, -0.1) is 0 Å². The van der Waals surface area contributed by atoms with Gasteiger partial charge in [-0.3, -0.25) is 9.59 Å². The third kappa shape index (κ3) is 10.7. The molecule has 0 spiro atoms. The molecule has 7 N–H and O–H groups in total. The van der Waals surface area contributed by atoms with Gasteiger partial charge in [-0.05, 0) is 36.5 Å². The molecular weight excluding hydrogens is 326 g/mol. The zero-order valence-electron chi connectivity index (χ0n) is 14.7. The zero-order chi connectivity index (χ0) is 19.6. The van der Waals surface area contributed by atoms with E-state index in [1.54, 1.807) is 24.3 Å². The zero-order valence-corrected chi connectivity index (χ0v) is 14.7. The number of rotatable bonds is 7. The van der Waals surface area contributed by atoms with Gasteiger partial charge < -0.3 is 27.0 Å². The maximum atomic E-state index is 10.6. The van der Waals surface area contributed by atoms with Crippen molar-refractivity contribution in [1.29, 1.82) is 0 Å². The Hall–Kier alpha value is -2.61. The molecule has 140 valence electrons. The Balaban J connectivity index is 0.000000463. The van der Waals surface area contributed by atoms with Gasteiger partial charge in [-0.1, -0.05) is 26.0 Å². The number of benzene rings is 1. The highest BCUT2D eigenvalue weighted by Crippen LogP contribution is 2.10. The molecule has 0 fully saturated rings. The number of hydrogen-bond donors (Lipinski definition) is 5. The molecule has 2 amide bonds. The number of hydrogen-bond acceptors (Lipinski definition) is 5.